The summed E-state index contributed by atoms with van der Waals surface area (Å²) in [6.07, 6.45) is 0.773. The molecule has 0 atom stereocenters. The summed E-state index contributed by atoms with van der Waals surface area (Å²) in [6, 6.07) is 5.22. The molecule has 112 valence electrons. The Morgan fingerprint density at radius 3 is 3.00 bits per heavy atom. The van der Waals surface area contributed by atoms with Gasteiger partial charge in [0.1, 0.15) is 6.61 Å². The van der Waals surface area contributed by atoms with Crippen LogP contribution in [0.3, 0.4) is 0 Å². The van der Waals surface area contributed by atoms with Gasteiger partial charge in [-0.3, -0.25) is 4.79 Å². The minimum atomic E-state index is -0.193. The van der Waals surface area contributed by atoms with Gasteiger partial charge in [0.2, 0.25) is 5.91 Å². The van der Waals surface area contributed by atoms with Gasteiger partial charge < -0.3 is 15.8 Å². The van der Waals surface area contributed by atoms with E-state index >= 15 is 0 Å². The fraction of sp³-hybridized carbons (Fsp3) is 0.286. The van der Waals surface area contributed by atoms with Gasteiger partial charge in [-0.1, -0.05) is 0 Å². The number of nitrogens with two attached hydrogens (primary N) is 1. The van der Waals surface area contributed by atoms with Crippen molar-refractivity contribution < 1.29 is 9.53 Å². The summed E-state index contributed by atoms with van der Waals surface area (Å²) in [7, 11) is 0. The van der Waals surface area contributed by atoms with Gasteiger partial charge in [-0.15, -0.1) is 11.3 Å². The van der Waals surface area contributed by atoms with Gasteiger partial charge in [-0.2, -0.15) is 0 Å². The number of aromatic nitrogens is 1. The maximum Gasteiger partial charge on any atom is 0.250 e. The highest BCUT2D eigenvalue weighted by Crippen LogP contribution is 2.24. The Hall–Kier alpha value is -1.44. The largest absolute Gasteiger partial charge is 0.399 e. The van der Waals surface area contributed by atoms with E-state index in [9.17, 15) is 4.79 Å². The van der Waals surface area contributed by atoms with Crippen LogP contribution >= 0.6 is 27.3 Å². The highest BCUT2D eigenvalue weighted by molar-refractivity contribution is 9.10. The average molecular weight is 370 g/mol. The predicted octanol–water partition coefficient (Wildman–Crippen LogP) is 2.99. The Balaban J connectivity index is 1.73. The first kappa shape index (κ1) is 15.9. The van der Waals surface area contributed by atoms with Crippen molar-refractivity contribution >= 4 is 44.5 Å². The Labute approximate surface area is 135 Å². The molecule has 0 aliphatic rings. The van der Waals surface area contributed by atoms with E-state index in [1.54, 1.807) is 29.5 Å². The molecular formula is C14H16BrN3O2S. The molecular weight excluding hydrogens is 354 g/mol. The van der Waals surface area contributed by atoms with Crippen LogP contribution in [0.15, 0.2) is 28.2 Å². The second kappa shape index (κ2) is 7.53. The first-order chi connectivity index (χ1) is 10.1. The molecule has 1 aromatic heterocycles. The quantitative estimate of drug-likeness (QED) is 0.605. The molecule has 0 aliphatic carbocycles. The van der Waals surface area contributed by atoms with Gasteiger partial charge in [-0.05, 0) is 41.1 Å². The van der Waals surface area contributed by atoms with Gasteiger partial charge in [0.15, 0.2) is 0 Å². The molecule has 1 aromatic carbocycles. The topological polar surface area (TPSA) is 77.2 Å². The SMILES string of the molecule is Cc1ncsc1CCOCC(=O)Nc1ccc(N)cc1Br. The Kier molecular flexibility index (Phi) is 5.72. The third-order valence-electron chi connectivity index (χ3n) is 2.82. The number of carbonyl (C=O) groups is 1. The van der Waals surface area contributed by atoms with E-state index in [1.807, 2.05) is 12.4 Å². The van der Waals surface area contributed by atoms with Crippen LogP contribution in [0.4, 0.5) is 11.4 Å². The summed E-state index contributed by atoms with van der Waals surface area (Å²) >= 11 is 4.96. The van der Waals surface area contributed by atoms with Crippen molar-refractivity contribution in [2.75, 3.05) is 24.3 Å². The van der Waals surface area contributed by atoms with Crippen LogP contribution < -0.4 is 11.1 Å². The zero-order valence-corrected chi connectivity index (χ0v) is 14.0. The van der Waals surface area contributed by atoms with E-state index in [0.29, 0.717) is 18.0 Å². The van der Waals surface area contributed by atoms with Crippen molar-refractivity contribution in [2.45, 2.75) is 13.3 Å². The molecule has 0 unspecified atom stereocenters. The number of amides is 1. The third kappa shape index (κ3) is 4.80. The molecule has 21 heavy (non-hydrogen) atoms. The molecule has 0 spiro atoms. The van der Waals surface area contributed by atoms with E-state index in [-0.39, 0.29) is 12.5 Å². The van der Waals surface area contributed by atoms with E-state index < -0.39 is 0 Å². The molecule has 2 rings (SSSR count). The molecule has 5 nitrogen and oxygen atoms in total. The second-order valence-corrected chi connectivity index (χ2v) is 6.24. The summed E-state index contributed by atoms with van der Waals surface area (Å²) in [5, 5.41) is 2.77. The van der Waals surface area contributed by atoms with Crippen LogP contribution in [0, 0.1) is 6.92 Å². The summed E-state index contributed by atoms with van der Waals surface area (Å²) in [6.45, 7) is 2.49. The van der Waals surface area contributed by atoms with Gasteiger partial charge in [-0.25, -0.2) is 4.98 Å². The number of benzene rings is 1. The summed E-state index contributed by atoms with van der Waals surface area (Å²) < 4.78 is 6.13. The number of nitrogens with zero attached hydrogens (tertiary/aromatic N) is 1. The fourth-order valence-electron chi connectivity index (χ4n) is 1.71. The van der Waals surface area contributed by atoms with E-state index in [0.717, 1.165) is 16.6 Å². The zero-order chi connectivity index (χ0) is 15.2. The number of thiazole rings is 1. The molecule has 1 amide bonds. The standard InChI is InChI=1S/C14H16BrN3O2S/c1-9-13(21-8-17-9)4-5-20-7-14(19)18-12-3-2-10(16)6-11(12)15/h2-3,6,8H,4-5,7,16H2,1H3,(H,18,19). The second-order valence-electron chi connectivity index (χ2n) is 4.45. The first-order valence-corrected chi connectivity index (χ1v) is 8.05. The maximum absolute atomic E-state index is 11.8. The summed E-state index contributed by atoms with van der Waals surface area (Å²) in [5.74, 6) is -0.193. The van der Waals surface area contributed by atoms with E-state index in [1.165, 1.54) is 4.88 Å². The van der Waals surface area contributed by atoms with Crippen molar-refractivity contribution in [1.29, 1.82) is 0 Å². The average Bonchev–Trinajstić information content (AvgIpc) is 2.84. The monoisotopic (exact) mass is 369 g/mol. The molecule has 0 radical (unpaired) electrons. The summed E-state index contributed by atoms with van der Waals surface area (Å²) in [5.41, 5.74) is 9.80. The molecule has 0 fully saturated rings. The lowest BCUT2D eigenvalue weighted by Gasteiger charge is -2.08. The number of halogens is 1. The molecule has 2 aromatic rings. The minimum Gasteiger partial charge on any atom is -0.399 e. The molecule has 0 saturated heterocycles. The number of nitrogen functional groups attached to an aromatic ring is 1. The van der Waals surface area contributed by atoms with Gasteiger partial charge in [0.25, 0.3) is 0 Å². The lowest BCUT2D eigenvalue weighted by molar-refractivity contribution is -0.120. The van der Waals surface area contributed by atoms with Crippen LogP contribution in [-0.4, -0.2) is 24.1 Å². The number of aryl methyl sites for hydroxylation is 1. The number of hydrogen-bond acceptors (Lipinski definition) is 5. The van der Waals surface area contributed by atoms with Crippen molar-refractivity contribution in [3.8, 4) is 0 Å². The van der Waals surface area contributed by atoms with Crippen LogP contribution in [0.25, 0.3) is 0 Å². The van der Waals surface area contributed by atoms with Crippen molar-refractivity contribution in [3.05, 3.63) is 38.8 Å². The van der Waals surface area contributed by atoms with Crippen molar-refractivity contribution in [3.63, 3.8) is 0 Å². The lowest BCUT2D eigenvalue weighted by atomic mass is 10.3. The highest BCUT2D eigenvalue weighted by Gasteiger charge is 2.07. The maximum atomic E-state index is 11.8. The van der Waals surface area contributed by atoms with Crippen molar-refractivity contribution in [1.82, 2.24) is 4.98 Å². The lowest BCUT2D eigenvalue weighted by Crippen LogP contribution is -2.19. The summed E-state index contributed by atoms with van der Waals surface area (Å²) in [4.78, 5) is 17.1. The number of carbonyl (C=O) groups excluding carboxylic acids is 1. The minimum absolute atomic E-state index is 0.0225. The van der Waals surface area contributed by atoms with Gasteiger partial charge in [0, 0.05) is 21.5 Å². The van der Waals surface area contributed by atoms with Gasteiger partial charge in [0.05, 0.1) is 23.5 Å². The van der Waals surface area contributed by atoms with E-state index in [2.05, 4.69) is 26.2 Å². The van der Waals surface area contributed by atoms with Crippen LogP contribution in [-0.2, 0) is 16.0 Å². The van der Waals surface area contributed by atoms with E-state index in [4.69, 9.17) is 10.5 Å². The number of nitrogens with one attached hydrogen (secondary N) is 1. The Morgan fingerprint density at radius 2 is 2.33 bits per heavy atom. The highest BCUT2D eigenvalue weighted by atomic mass is 79.9. The molecule has 7 heteroatoms. The number of hydrogen-bond donors (Lipinski definition) is 2. The van der Waals surface area contributed by atoms with Crippen LogP contribution in [0.5, 0.6) is 0 Å². The van der Waals surface area contributed by atoms with Crippen LogP contribution in [0.1, 0.15) is 10.6 Å². The predicted molar refractivity (Wildman–Crippen MR) is 88.6 cm³/mol. The third-order valence-corrected chi connectivity index (χ3v) is 4.47. The number of ether oxygens (including phenoxy) is 1. The van der Waals surface area contributed by atoms with Gasteiger partial charge >= 0.3 is 0 Å². The number of anilines is 2. The Bertz CT molecular complexity index is 630. The smallest absolute Gasteiger partial charge is 0.250 e. The Morgan fingerprint density at radius 1 is 1.52 bits per heavy atom. The molecule has 0 bridgehead atoms. The molecule has 3 N–H and O–H groups in total. The zero-order valence-electron chi connectivity index (χ0n) is 11.6. The number of rotatable bonds is 6. The normalized spacial score (nSPS) is 10.6. The fourth-order valence-corrected chi connectivity index (χ4v) is 2.97. The molecule has 1 heterocycles. The molecule has 0 aliphatic heterocycles. The first-order valence-electron chi connectivity index (χ1n) is 6.38. The van der Waals surface area contributed by atoms with Crippen molar-refractivity contribution in [2.24, 2.45) is 0 Å². The van der Waals surface area contributed by atoms with Crippen LogP contribution in [0.2, 0.25) is 0 Å². The molecule has 0 saturated carbocycles.